The van der Waals surface area contributed by atoms with Gasteiger partial charge in [-0.2, -0.15) is 18.4 Å². The maximum absolute atomic E-state index is 13.3. The van der Waals surface area contributed by atoms with Crippen LogP contribution in [0.25, 0.3) is 22.3 Å². The van der Waals surface area contributed by atoms with Gasteiger partial charge in [0.15, 0.2) is 0 Å². The molecule has 0 radical (unpaired) electrons. The summed E-state index contributed by atoms with van der Waals surface area (Å²) in [6.45, 7) is 5.76. The molecule has 1 saturated heterocycles. The van der Waals surface area contributed by atoms with Crippen molar-refractivity contribution in [2.24, 2.45) is 0 Å². The van der Waals surface area contributed by atoms with Gasteiger partial charge in [-0.25, -0.2) is 19.9 Å². The largest absolute Gasteiger partial charge is 0.417 e. The summed E-state index contributed by atoms with van der Waals surface area (Å²) in [6.07, 6.45) is 0.877. The van der Waals surface area contributed by atoms with Crippen LogP contribution in [0.3, 0.4) is 0 Å². The zero-order valence-corrected chi connectivity index (χ0v) is 20.2. The smallest absolute Gasteiger partial charge is 0.354 e. The van der Waals surface area contributed by atoms with Crippen molar-refractivity contribution in [1.29, 1.82) is 5.26 Å². The number of fused-ring (bicyclic) bond motifs is 1. The van der Waals surface area contributed by atoms with Gasteiger partial charge in [0.2, 0.25) is 5.95 Å². The van der Waals surface area contributed by atoms with Crippen LogP contribution in [-0.4, -0.2) is 63.0 Å². The van der Waals surface area contributed by atoms with Crippen molar-refractivity contribution in [2.45, 2.75) is 19.1 Å². The maximum Gasteiger partial charge on any atom is 0.417 e. The molecule has 1 atom stereocenters. The van der Waals surface area contributed by atoms with Gasteiger partial charge in [0.25, 0.3) is 0 Å². The molecule has 190 valence electrons. The highest BCUT2D eigenvalue weighted by molar-refractivity contribution is 5.94. The highest BCUT2D eigenvalue weighted by Gasteiger charge is 2.31. The Kier molecular flexibility index (Phi) is 6.39. The molecule has 5 heterocycles. The number of anilines is 2. The zero-order valence-electron chi connectivity index (χ0n) is 20.2. The number of aromatic nitrogens is 5. The molecule has 0 amide bonds. The number of aromatic amines is 1. The number of halogens is 3. The molecule has 0 aromatic carbocycles. The number of hydrogen-bond acceptors (Lipinski definition) is 8. The van der Waals surface area contributed by atoms with E-state index < -0.39 is 11.7 Å². The highest BCUT2D eigenvalue weighted by atomic mass is 19.4. The van der Waals surface area contributed by atoms with Crippen LogP contribution in [0, 0.1) is 11.3 Å². The molecule has 0 bridgehead atoms. The van der Waals surface area contributed by atoms with Crippen LogP contribution in [0.2, 0.25) is 0 Å². The second kappa shape index (κ2) is 9.67. The summed E-state index contributed by atoms with van der Waals surface area (Å²) < 4.78 is 39.8. The molecule has 0 unspecified atom stereocenters. The van der Waals surface area contributed by atoms with Crippen molar-refractivity contribution >= 4 is 22.8 Å². The van der Waals surface area contributed by atoms with Gasteiger partial charge in [-0.1, -0.05) is 6.07 Å². The highest BCUT2D eigenvalue weighted by Crippen LogP contribution is 2.35. The van der Waals surface area contributed by atoms with E-state index in [1.54, 1.807) is 6.20 Å². The predicted molar refractivity (Wildman–Crippen MR) is 133 cm³/mol. The Morgan fingerprint density at radius 1 is 1.08 bits per heavy atom. The average Bonchev–Trinajstić information content (AvgIpc) is 3.32. The standard InChI is InChI=1S/C25H24F3N9/c1-15(16-3-4-21(30-11-16)37-7-5-36(2)6-8-37)34-24-33-12-17(10-29)22(35-24)20-14-32-23-19(20)9-18(13-31-23)25(26,27)28/h3-4,9,11-15H,5-8H2,1-2H3,(H,31,32)(H,33,34,35)/t15-/m0/s1. The first-order valence-corrected chi connectivity index (χ1v) is 11.7. The van der Waals surface area contributed by atoms with E-state index in [4.69, 9.17) is 0 Å². The quantitative estimate of drug-likeness (QED) is 0.413. The number of hydrogen-bond donors (Lipinski definition) is 2. The van der Waals surface area contributed by atoms with Crippen LogP contribution < -0.4 is 10.2 Å². The van der Waals surface area contributed by atoms with E-state index in [2.05, 4.69) is 47.1 Å². The van der Waals surface area contributed by atoms with E-state index in [0.29, 0.717) is 5.56 Å². The third kappa shape index (κ3) is 5.03. The molecule has 5 rings (SSSR count). The summed E-state index contributed by atoms with van der Waals surface area (Å²) in [5, 5.41) is 13.0. The van der Waals surface area contributed by atoms with E-state index in [9.17, 15) is 18.4 Å². The lowest BCUT2D eigenvalue weighted by Gasteiger charge is -2.33. The summed E-state index contributed by atoms with van der Waals surface area (Å²) in [4.78, 5) is 24.6. The molecular weight excluding hydrogens is 483 g/mol. The summed E-state index contributed by atoms with van der Waals surface area (Å²) in [5.74, 6) is 1.16. The Hall–Kier alpha value is -4.24. The normalized spacial score (nSPS) is 15.5. The minimum Gasteiger partial charge on any atom is -0.354 e. The van der Waals surface area contributed by atoms with Crippen LogP contribution in [0.1, 0.15) is 29.7 Å². The second-order valence-corrected chi connectivity index (χ2v) is 8.99. The van der Waals surface area contributed by atoms with Gasteiger partial charge in [-0.05, 0) is 31.7 Å². The number of nitrogens with one attached hydrogen (secondary N) is 2. The fourth-order valence-corrected chi connectivity index (χ4v) is 4.25. The van der Waals surface area contributed by atoms with E-state index in [1.165, 1.54) is 12.4 Å². The van der Waals surface area contributed by atoms with Gasteiger partial charge in [-0.3, -0.25) is 0 Å². The monoisotopic (exact) mass is 507 g/mol. The van der Waals surface area contributed by atoms with Crippen molar-refractivity contribution in [2.75, 3.05) is 43.4 Å². The Morgan fingerprint density at radius 2 is 1.86 bits per heavy atom. The molecule has 2 N–H and O–H groups in total. The molecule has 0 saturated carbocycles. The summed E-state index contributed by atoms with van der Waals surface area (Å²) in [7, 11) is 2.10. The number of pyridine rings is 2. The second-order valence-electron chi connectivity index (χ2n) is 8.99. The van der Waals surface area contributed by atoms with E-state index in [1.807, 2.05) is 25.1 Å². The average molecular weight is 508 g/mol. The lowest BCUT2D eigenvalue weighted by atomic mass is 10.1. The van der Waals surface area contributed by atoms with E-state index >= 15 is 0 Å². The minimum absolute atomic E-state index is 0.134. The van der Waals surface area contributed by atoms with Crippen molar-refractivity contribution in [1.82, 2.24) is 29.8 Å². The van der Waals surface area contributed by atoms with Crippen molar-refractivity contribution in [3.05, 3.63) is 59.7 Å². The van der Waals surface area contributed by atoms with Crippen molar-refractivity contribution in [3.8, 4) is 17.3 Å². The van der Waals surface area contributed by atoms with E-state index in [0.717, 1.165) is 49.8 Å². The fraction of sp³-hybridized carbons (Fsp3) is 0.320. The van der Waals surface area contributed by atoms with Crippen LogP contribution >= 0.6 is 0 Å². The lowest BCUT2D eigenvalue weighted by Crippen LogP contribution is -2.44. The third-order valence-electron chi connectivity index (χ3n) is 6.47. The molecule has 12 heteroatoms. The van der Waals surface area contributed by atoms with Gasteiger partial charge in [-0.15, -0.1) is 0 Å². The Balaban J connectivity index is 1.40. The first kappa shape index (κ1) is 24.5. The predicted octanol–water partition coefficient (Wildman–Crippen LogP) is 4.23. The number of alkyl halides is 3. The Morgan fingerprint density at radius 3 is 2.54 bits per heavy atom. The molecule has 1 aliphatic heterocycles. The SMILES string of the molecule is C[C@H](Nc1ncc(C#N)c(-c2c[nH]c3ncc(C(F)(F)F)cc23)n1)c1ccc(N2CCN(C)CC2)nc1. The summed E-state index contributed by atoms with van der Waals surface area (Å²) in [5.41, 5.74) is 0.977. The molecular formula is C25H24F3N9. The zero-order chi connectivity index (χ0) is 26.2. The van der Waals surface area contributed by atoms with Gasteiger partial charge < -0.3 is 20.1 Å². The number of H-pyrrole nitrogens is 1. The van der Waals surface area contributed by atoms with Gasteiger partial charge in [0.1, 0.15) is 17.5 Å². The van der Waals surface area contributed by atoms with Gasteiger partial charge >= 0.3 is 6.18 Å². The first-order valence-electron chi connectivity index (χ1n) is 11.7. The Bertz CT molecular complexity index is 1450. The fourth-order valence-electron chi connectivity index (χ4n) is 4.25. The van der Waals surface area contributed by atoms with E-state index in [-0.39, 0.29) is 34.3 Å². The topological polar surface area (TPSA) is 110 Å². The van der Waals surface area contributed by atoms with Gasteiger partial charge in [0, 0.05) is 55.7 Å². The van der Waals surface area contributed by atoms with Crippen LogP contribution in [0.4, 0.5) is 24.9 Å². The third-order valence-corrected chi connectivity index (χ3v) is 6.47. The maximum atomic E-state index is 13.3. The number of nitrogens with zero attached hydrogens (tertiary/aromatic N) is 7. The summed E-state index contributed by atoms with van der Waals surface area (Å²) in [6, 6.07) is 6.79. The number of nitriles is 1. The van der Waals surface area contributed by atoms with Gasteiger partial charge in [0.05, 0.1) is 29.1 Å². The lowest BCUT2D eigenvalue weighted by molar-refractivity contribution is -0.137. The molecule has 4 aromatic rings. The molecule has 1 fully saturated rings. The number of piperazine rings is 1. The molecule has 9 nitrogen and oxygen atoms in total. The van der Waals surface area contributed by atoms with Crippen molar-refractivity contribution < 1.29 is 13.2 Å². The first-order chi connectivity index (χ1) is 17.7. The Labute approximate surface area is 211 Å². The number of rotatable bonds is 5. The van der Waals surface area contributed by atoms with Crippen LogP contribution in [0.5, 0.6) is 0 Å². The van der Waals surface area contributed by atoms with Crippen LogP contribution in [0.15, 0.2) is 43.0 Å². The van der Waals surface area contributed by atoms with Crippen molar-refractivity contribution in [3.63, 3.8) is 0 Å². The van der Waals surface area contributed by atoms with Crippen LogP contribution in [-0.2, 0) is 6.18 Å². The summed E-state index contributed by atoms with van der Waals surface area (Å²) >= 11 is 0. The number of likely N-dealkylation sites (N-methyl/N-ethyl adjacent to an activating group) is 1. The molecule has 0 spiro atoms. The molecule has 0 aliphatic carbocycles. The molecule has 4 aromatic heterocycles. The molecule has 1 aliphatic rings. The molecule has 37 heavy (non-hydrogen) atoms. The minimum atomic E-state index is -4.55.